The average molecular weight is 579 g/mol. The molecule has 0 fully saturated rings. The topological polar surface area (TPSA) is 85.8 Å². The van der Waals surface area contributed by atoms with Gasteiger partial charge in [0, 0.05) is 25.5 Å². The summed E-state index contributed by atoms with van der Waals surface area (Å²) in [4.78, 5) is 16.3. The number of para-hydroxylation sites is 1. The number of hydrogen-bond donors (Lipinski definition) is 0. The van der Waals surface area contributed by atoms with Crippen LogP contribution in [0.1, 0.15) is 28.4 Å². The normalized spacial score (nSPS) is 11.3. The fraction of sp³-hybridized carbons (Fsp3) is 0.118. The van der Waals surface area contributed by atoms with E-state index >= 15 is 0 Å². The van der Waals surface area contributed by atoms with Crippen molar-refractivity contribution in [2.75, 3.05) is 6.61 Å². The molecule has 212 valence electrons. The molecular weight excluding hydrogens is 548 g/mol. The van der Waals surface area contributed by atoms with Gasteiger partial charge in [0.05, 0.1) is 17.1 Å². The Balaban J connectivity index is 1.36. The highest BCUT2D eigenvalue weighted by Crippen LogP contribution is 2.27. The van der Waals surface area contributed by atoms with Crippen molar-refractivity contribution >= 4 is 16.0 Å². The molecule has 5 aromatic rings. The molecule has 0 aliphatic heterocycles. The molecule has 0 N–H and O–H groups in total. The van der Waals surface area contributed by atoms with Crippen molar-refractivity contribution in [3.05, 3.63) is 144 Å². The standard InChI is InChI=1S/C34H30N2O5S/c1-2-40-34(37)30-16-14-29(15-17-30)28-12-10-26(11-13-28)24-36(25-27-7-6-22-35-23-27)42(38,39)33-20-18-32(19-21-33)41-31-8-4-3-5-9-31/h3-23H,2,24-25H2,1H3. The minimum Gasteiger partial charge on any atom is -0.462 e. The van der Waals surface area contributed by atoms with Crippen LogP contribution in [0, 0.1) is 0 Å². The largest absolute Gasteiger partial charge is 0.462 e. The molecule has 0 bridgehead atoms. The summed E-state index contributed by atoms with van der Waals surface area (Å²) in [6, 6.07) is 34.3. The predicted molar refractivity (Wildman–Crippen MR) is 161 cm³/mol. The number of sulfonamides is 1. The first-order valence-electron chi connectivity index (χ1n) is 13.5. The molecule has 5 rings (SSSR count). The number of nitrogens with zero attached hydrogens (tertiary/aromatic N) is 2. The van der Waals surface area contributed by atoms with E-state index in [1.807, 2.05) is 72.8 Å². The molecule has 1 aromatic heterocycles. The molecule has 0 saturated carbocycles. The first kappa shape index (κ1) is 28.7. The number of carbonyl (C=O) groups excluding carboxylic acids is 1. The Morgan fingerprint density at radius 1 is 0.714 bits per heavy atom. The zero-order chi connectivity index (χ0) is 29.4. The highest BCUT2D eigenvalue weighted by Gasteiger charge is 2.25. The molecule has 8 heteroatoms. The third-order valence-electron chi connectivity index (χ3n) is 6.56. The fourth-order valence-corrected chi connectivity index (χ4v) is 5.81. The molecule has 42 heavy (non-hydrogen) atoms. The second-order valence-corrected chi connectivity index (χ2v) is 11.5. The van der Waals surface area contributed by atoms with Gasteiger partial charge in [-0.15, -0.1) is 0 Å². The molecule has 0 saturated heterocycles. The van der Waals surface area contributed by atoms with Crippen LogP contribution in [0.25, 0.3) is 11.1 Å². The second-order valence-electron chi connectivity index (χ2n) is 9.52. The average Bonchev–Trinajstić information content (AvgIpc) is 3.02. The predicted octanol–water partition coefficient (Wildman–Crippen LogP) is 7.11. The van der Waals surface area contributed by atoms with Crippen LogP contribution >= 0.6 is 0 Å². The lowest BCUT2D eigenvalue weighted by Gasteiger charge is -2.23. The molecule has 7 nitrogen and oxygen atoms in total. The summed E-state index contributed by atoms with van der Waals surface area (Å²) >= 11 is 0. The van der Waals surface area contributed by atoms with E-state index in [0.29, 0.717) is 23.7 Å². The molecule has 0 atom stereocenters. The number of ether oxygens (including phenoxy) is 2. The summed E-state index contributed by atoms with van der Waals surface area (Å²) in [7, 11) is -3.86. The van der Waals surface area contributed by atoms with Gasteiger partial charge in [0.2, 0.25) is 10.0 Å². The summed E-state index contributed by atoms with van der Waals surface area (Å²) in [5.41, 5.74) is 3.99. The summed E-state index contributed by atoms with van der Waals surface area (Å²) in [6.45, 7) is 2.43. The zero-order valence-electron chi connectivity index (χ0n) is 23.1. The van der Waals surface area contributed by atoms with Crippen LogP contribution in [-0.4, -0.2) is 30.3 Å². The van der Waals surface area contributed by atoms with Gasteiger partial charge in [-0.25, -0.2) is 13.2 Å². The van der Waals surface area contributed by atoms with E-state index < -0.39 is 10.0 Å². The number of esters is 1. The lowest BCUT2D eigenvalue weighted by atomic mass is 10.0. The Hall–Kier alpha value is -4.79. The molecule has 0 aliphatic carbocycles. The van der Waals surface area contributed by atoms with Crippen molar-refractivity contribution in [2.45, 2.75) is 24.9 Å². The van der Waals surface area contributed by atoms with Crippen molar-refractivity contribution in [3.8, 4) is 22.6 Å². The van der Waals surface area contributed by atoms with Crippen LogP contribution in [0.2, 0.25) is 0 Å². The van der Waals surface area contributed by atoms with E-state index in [0.717, 1.165) is 22.3 Å². The van der Waals surface area contributed by atoms with Crippen molar-refractivity contribution in [2.24, 2.45) is 0 Å². The fourth-order valence-electron chi connectivity index (χ4n) is 4.39. The maximum absolute atomic E-state index is 13.9. The lowest BCUT2D eigenvalue weighted by Crippen LogP contribution is -2.30. The van der Waals surface area contributed by atoms with Crippen LogP contribution in [0.4, 0.5) is 0 Å². The number of rotatable bonds is 11. The Labute approximate surface area is 246 Å². The van der Waals surface area contributed by atoms with Gasteiger partial charge in [0.1, 0.15) is 11.5 Å². The summed E-state index contributed by atoms with van der Waals surface area (Å²) < 4.78 is 40.1. The minimum absolute atomic E-state index is 0.162. The quantitative estimate of drug-likeness (QED) is 0.155. The van der Waals surface area contributed by atoms with Crippen molar-refractivity contribution in [1.29, 1.82) is 0 Å². The first-order valence-corrected chi connectivity index (χ1v) is 14.9. The molecule has 0 aliphatic rings. The van der Waals surface area contributed by atoms with Crippen LogP contribution in [-0.2, 0) is 27.8 Å². The van der Waals surface area contributed by atoms with Crippen molar-refractivity contribution < 1.29 is 22.7 Å². The summed E-state index contributed by atoms with van der Waals surface area (Å²) in [6.07, 6.45) is 3.33. The van der Waals surface area contributed by atoms with Crippen LogP contribution < -0.4 is 4.74 Å². The molecule has 0 amide bonds. The van der Waals surface area contributed by atoms with Crippen molar-refractivity contribution in [1.82, 2.24) is 9.29 Å². The van der Waals surface area contributed by atoms with Gasteiger partial charge in [0.25, 0.3) is 0 Å². The number of benzene rings is 4. The smallest absolute Gasteiger partial charge is 0.338 e. The number of hydrogen-bond acceptors (Lipinski definition) is 6. The molecule has 0 unspecified atom stereocenters. The number of pyridine rings is 1. The van der Waals surface area contributed by atoms with Gasteiger partial charge in [0.15, 0.2) is 0 Å². The Kier molecular flexibility index (Phi) is 9.06. The Morgan fingerprint density at radius 2 is 1.33 bits per heavy atom. The van der Waals surface area contributed by atoms with Crippen LogP contribution in [0.15, 0.2) is 133 Å². The van der Waals surface area contributed by atoms with Gasteiger partial charge in [-0.05, 0) is 83.8 Å². The van der Waals surface area contributed by atoms with E-state index in [1.54, 1.807) is 61.8 Å². The molecular formula is C34H30N2O5S. The second kappa shape index (κ2) is 13.2. The Morgan fingerprint density at radius 3 is 1.95 bits per heavy atom. The zero-order valence-corrected chi connectivity index (χ0v) is 23.9. The maximum atomic E-state index is 13.9. The lowest BCUT2D eigenvalue weighted by molar-refractivity contribution is 0.0526. The van der Waals surface area contributed by atoms with E-state index in [1.165, 1.54) is 4.31 Å². The highest BCUT2D eigenvalue weighted by atomic mass is 32.2. The van der Waals surface area contributed by atoms with E-state index in [4.69, 9.17) is 9.47 Å². The maximum Gasteiger partial charge on any atom is 0.338 e. The number of aromatic nitrogens is 1. The molecule has 0 radical (unpaired) electrons. The van der Waals surface area contributed by atoms with E-state index in [-0.39, 0.29) is 24.0 Å². The SMILES string of the molecule is CCOC(=O)c1ccc(-c2ccc(CN(Cc3cccnc3)S(=O)(=O)c3ccc(Oc4ccccc4)cc3)cc2)cc1. The third kappa shape index (κ3) is 7.09. The van der Waals surface area contributed by atoms with Crippen LogP contribution in [0.3, 0.4) is 0 Å². The van der Waals surface area contributed by atoms with E-state index in [2.05, 4.69) is 4.98 Å². The van der Waals surface area contributed by atoms with Gasteiger partial charge < -0.3 is 9.47 Å². The molecule has 4 aromatic carbocycles. The monoisotopic (exact) mass is 578 g/mol. The molecule has 0 spiro atoms. The Bertz CT molecular complexity index is 1710. The van der Waals surface area contributed by atoms with Gasteiger partial charge in [-0.1, -0.05) is 60.7 Å². The van der Waals surface area contributed by atoms with Crippen molar-refractivity contribution in [3.63, 3.8) is 0 Å². The van der Waals surface area contributed by atoms with E-state index in [9.17, 15) is 13.2 Å². The number of carbonyl (C=O) groups is 1. The minimum atomic E-state index is -3.86. The van der Waals surface area contributed by atoms with Gasteiger partial charge >= 0.3 is 5.97 Å². The first-order chi connectivity index (χ1) is 20.4. The van der Waals surface area contributed by atoms with Gasteiger partial charge in [-0.2, -0.15) is 4.31 Å². The summed E-state index contributed by atoms with van der Waals surface area (Å²) in [5.74, 6) is 0.863. The molecule has 1 heterocycles. The van der Waals surface area contributed by atoms with Gasteiger partial charge in [-0.3, -0.25) is 4.98 Å². The third-order valence-corrected chi connectivity index (χ3v) is 8.37. The summed E-state index contributed by atoms with van der Waals surface area (Å²) in [5, 5.41) is 0. The highest BCUT2D eigenvalue weighted by molar-refractivity contribution is 7.89. The van der Waals surface area contributed by atoms with Crippen LogP contribution in [0.5, 0.6) is 11.5 Å².